The van der Waals surface area contributed by atoms with Crippen molar-refractivity contribution in [2.24, 2.45) is 5.73 Å². The van der Waals surface area contributed by atoms with Gasteiger partial charge in [0.05, 0.1) is 6.04 Å². The Hall–Kier alpha value is -1.95. The van der Waals surface area contributed by atoms with Crippen LogP contribution in [-0.2, 0) is 13.1 Å². The summed E-state index contributed by atoms with van der Waals surface area (Å²) in [5, 5.41) is 0. The summed E-state index contributed by atoms with van der Waals surface area (Å²) in [4.78, 5) is 12.0. The lowest BCUT2D eigenvalue weighted by Gasteiger charge is -2.13. The molecule has 20 heavy (non-hydrogen) atoms. The maximum absolute atomic E-state index is 13.6. The summed E-state index contributed by atoms with van der Waals surface area (Å²) in [6, 6.07) is 2.55. The van der Waals surface area contributed by atoms with Gasteiger partial charge in [-0.15, -0.1) is 0 Å². The Bertz CT molecular complexity index is 648. The molecule has 4 nitrogen and oxygen atoms in total. The van der Waals surface area contributed by atoms with Crippen LogP contribution in [0.15, 0.2) is 35.4 Å². The van der Waals surface area contributed by atoms with Gasteiger partial charge in [0.2, 0.25) is 0 Å². The second kappa shape index (κ2) is 6.00. The number of benzene rings is 1. The van der Waals surface area contributed by atoms with E-state index in [1.54, 1.807) is 17.0 Å². The van der Waals surface area contributed by atoms with Crippen molar-refractivity contribution in [3.63, 3.8) is 0 Å². The van der Waals surface area contributed by atoms with Crippen molar-refractivity contribution in [2.45, 2.75) is 32.5 Å². The summed E-state index contributed by atoms with van der Waals surface area (Å²) in [5.41, 5.74) is 5.92. The fraction of sp³-hybridized carbons (Fsp3) is 0.357. The van der Waals surface area contributed by atoms with Gasteiger partial charge in [-0.05, 0) is 12.5 Å². The van der Waals surface area contributed by atoms with E-state index in [1.807, 2.05) is 6.92 Å². The zero-order chi connectivity index (χ0) is 14.7. The Labute approximate surface area is 115 Å². The SMILES string of the molecule is CCCn1ccn(CC(N)c2ccc(F)cc2F)c1=O. The molecule has 0 saturated carbocycles. The van der Waals surface area contributed by atoms with Crippen molar-refractivity contribution in [1.82, 2.24) is 9.13 Å². The summed E-state index contributed by atoms with van der Waals surface area (Å²) >= 11 is 0. The number of imidazole rings is 1. The van der Waals surface area contributed by atoms with Gasteiger partial charge in [-0.3, -0.25) is 9.13 Å². The second-order valence-corrected chi connectivity index (χ2v) is 4.70. The maximum atomic E-state index is 13.6. The molecule has 6 heteroatoms. The minimum Gasteiger partial charge on any atom is -0.322 e. The lowest BCUT2D eigenvalue weighted by atomic mass is 10.1. The average molecular weight is 281 g/mol. The van der Waals surface area contributed by atoms with Crippen molar-refractivity contribution in [3.8, 4) is 0 Å². The molecule has 1 heterocycles. The van der Waals surface area contributed by atoms with E-state index in [-0.39, 0.29) is 17.8 Å². The third-order valence-corrected chi connectivity index (χ3v) is 3.14. The molecule has 0 aliphatic heterocycles. The Morgan fingerprint density at radius 1 is 1.25 bits per heavy atom. The van der Waals surface area contributed by atoms with E-state index >= 15 is 0 Å². The van der Waals surface area contributed by atoms with Gasteiger partial charge in [0, 0.05) is 37.1 Å². The third-order valence-electron chi connectivity index (χ3n) is 3.14. The Morgan fingerprint density at radius 3 is 2.60 bits per heavy atom. The van der Waals surface area contributed by atoms with Gasteiger partial charge in [-0.25, -0.2) is 13.6 Å². The van der Waals surface area contributed by atoms with Crippen LogP contribution in [-0.4, -0.2) is 9.13 Å². The molecule has 1 aromatic carbocycles. The van der Waals surface area contributed by atoms with Crippen molar-refractivity contribution in [3.05, 3.63) is 58.3 Å². The minimum absolute atomic E-state index is 0.151. The van der Waals surface area contributed by atoms with Crippen LogP contribution in [0.5, 0.6) is 0 Å². The smallest absolute Gasteiger partial charge is 0.322 e. The highest BCUT2D eigenvalue weighted by molar-refractivity contribution is 5.21. The van der Waals surface area contributed by atoms with Crippen LogP contribution in [0.1, 0.15) is 24.9 Å². The number of halogens is 2. The first kappa shape index (κ1) is 14.5. The number of hydrogen-bond donors (Lipinski definition) is 1. The molecule has 0 spiro atoms. The summed E-state index contributed by atoms with van der Waals surface area (Å²) in [6.45, 7) is 2.76. The summed E-state index contributed by atoms with van der Waals surface area (Å²) < 4.78 is 29.5. The van der Waals surface area contributed by atoms with Gasteiger partial charge in [0.1, 0.15) is 11.6 Å². The monoisotopic (exact) mass is 281 g/mol. The molecule has 0 aliphatic carbocycles. The van der Waals surface area contributed by atoms with E-state index in [9.17, 15) is 13.6 Å². The second-order valence-electron chi connectivity index (χ2n) is 4.70. The van der Waals surface area contributed by atoms with E-state index in [1.165, 1.54) is 10.6 Å². The first-order valence-electron chi connectivity index (χ1n) is 6.49. The fourth-order valence-electron chi connectivity index (χ4n) is 2.12. The Balaban J connectivity index is 2.19. The molecule has 0 fully saturated rings. The van der Waals surface area contributed by atoms with Crippen molar-refractivity contribution in [1.29, 1.82) is 0 Å². The zero-order valence-electron chi connectivity index (χ0n) is 11.2. The molecule has 1 unspecified atom stereocenters. The Kier molecular flexibility index (Phi) is 4.34. The van der Waals surface area contributed by atoms with Crippen LogP contribution in [0.25, 0.3) is 0 Å². The molecular formula is C14H17F2N3O. The van der Waals surface area contributed by atoms with E-state index in [0.717, 1.165) is 18.6 Å². The standard InChI is InChI=1S/C14H17F2N3O/c1-2-5-18-6-7-19(14(18)20)9-13(17)11-4-3-10(15)8-12(11)16/h3-4,6-8,13H,2,5,9,17H2,1H3. The van der Waals surface area contributed by atoms with Crippen LogP contribution in [0.2, 0.25) is 0 Å². The number of hydrogen-bond acceptors (Lipinski definition) is 2. The lowest BCUT2D eigenvalue weighted by Crippen LogP contribution is -2.28. The van der Waals surface area contributed by atoms with Crippen LogP contribution in [0.3, 0.4) is 0 Å². The maximum Gasteiger partial charge on any atom is 0.328 e. The first-order chi connectivity index (χ1) is 9.52. The number of nitrogens with zero attached hydrogens (tertiary/aromatic N) is 2. The molecule has 2 N–H and O–H groups in total. The summed E-state index contributed by atoms with van der Waals surface area (Å²) in [5.74, 6) is -1.34. The van der Waals surface area contributed by atoms with Crippen LogP contribution >= 0.6 is 0 Å². The lowest BCUT2D eigenvalue weighted by molar-refractivity contribution is 0.507. The topological polar surface area (TPSA) is 52.9 Å². The molecule has 1 atom stereocenters. The Morgan fingerprint density at radius 2 is 1.95 bits per heavy atom. The summed E-state index contributed by atoms with van der Waals surface area (Å²) in [6.07, 6.45) is 4.15. The predicted octanol–water partition coefficient (Wildman–Crippen LogP) is 2.04. The van der Waals surface area contributed by atoms with Gasteiger partial charge in [-0.1, -0.05) is 13.0 Å². The molecule has 0 amide bonds. The molecule has 2 rings (SSSR count). The highest BCUT2D eigenvalue weighted by atomic mass is 19.1. The van der Waals surface area contributed by atoms with Crippen LogP contribution < -0.4 is 11.4 Å². The molecular weight excluding hydrogens is 264 g/mol. The molecule has 1 aromatic heterocycles. The summed E-state index contributed by atoms with van der Waals surface area (Å²) in [7, 11) is 0. The van der Waals surface area contributed by atoms with Crippen molar-refractivity contribution in [2.75, 3.05) is 0 Å². The van der Waals surface area contributed by atoms with Gasteiger partial charge >= 0.3 is 5.69 Å². The van der Waals surface area contributed by atoms with Crippen LogP contribution in [0, 0.1) is 11.6 Å². The largest absolute Gasteiger partial charge is 0.328 e. The quantitative estimate of drug-likeness (QED) is 0.911. The average Bonchev–Trinajstić information content (AvgIpc) is 2.72. The van der Waals surface area contributed by atoms with E-state index in [2.05, 4.69) is 0 Å². The minimum atomic E-state index is -0.703. The normalized spacial score (nSPS) is 12.6. The number of rotatable bonds is 5. The highest BCUT2D eigenvalue weighted by Gasteiger charge is 2.14. The third kappa shape index (κ3) is 2.96. The first-order valence-corrected chi connectivity index (χ1v) is 6.49. The van der Waals surface area contributed by atoms with E-state index in [4.69, 9.17) is 5.73 Å². The van der Waals surface area contributed by atoms with E-state index in [0.29, 0.717) is 6.54 Å². The van der Waals surface area contributed by atoms with Crippen LogP contribution in [0.4, 0.5) is 8.78 Å². The van der Waals surface area contributed by atoms with Gasteiger partial charge in [-0.2, -0.15) is 0 Å². The van der Waals surface area contributed by atoms with E-state index < -0.39 is 17.7 Å². The molecule has 0 bridgehead atoms. The number of aromatic nitrogens is 2. The molecule has 2 aromatic rings. The van der Waals surface area contributed by atoms with Gasteiger partial charge < -0.3 is 5.73 Å². The number of nitrogens with two attached hydrogens (primary N) is 1. The molecule has 0 aliphatic rings. The van der Waals surface area contributed by atoms with Gasteiger partial charge in [0.15, 0.2) is 0 Å². The fourth-order valence-corrected chi connectivity index (χ4v) is 2.12. The highest BCUT2D eigenvalue weighted by Crippen LogP contribution is 2.17. The van der Waals surface area contributed by atoms with Crippen molar-refractivity contribution >= 4 is 0 Å². The van der Waals surface area contributed by atoms with Crippen molar-refractivity contribution < 1.29 is 8.78 Å². The zero-order valence-corrected chi connectivity index (χ0v) is 11.2. The molecule has 0 radical (unpaired) electrons. The predicted molar refractivity (Wildman–Crippen MR) is 72.3 cm³/mol. The van der Waals surface area contributed by atoms with Gasteiger partial charge in [0.25, 0.3) is 0 Å². The molecule has 0 saturated heterocycles. The number of aryl methyl sites for hydroxylation is 1. The molecule has 108 valence electrons.